The van der Waals surface area contributed by atoms with Crippen LogP contribution in [0.3, 0.4) is 0 Å². The Hall–Kier alpha value is -2.29. The summed E-state index contributed by atoms with van der Waals surface area (Å²) in [5.74, 6) is -1.56. The van der Waals surface area contributed by atoms with E-state index in [9.17, 15) is 22.8 Å². The summed E-state index contributed by atoms with van der Waals surface area (Å²) >= 11 is 0. The number of rotatable bonds is 4. The third kappa shape index (κ3) is 3.45. The van der Waals surface area contributed by atoms with Gasteiger partial charge in [0, 0.05) is 6.54 Å². The van der Waals surface area contributed by atoms with E-state index in [1.54, 1.807) is 24.3 Å². The zero-order valence-corrected chi connectivity index (χ0v) is 13.7. The van der Waals surface area contributed by atoms with E-state index in [1.807, 2.05) is 0 Å². The number of carbonyl (C=O) groups excluding carboxylic acids is 3. The molecule has 0 saturated carbocycles. The summed E-state index contributed by atoms with van der Waals surface area (Å²) in [6, 6.07) is -0.759. The standard InChI is InChI=1S/C15H17N3O5S/c19-13(16-7-10-5-6-24(22,23)9-10)8-18-14(20)11-3-1-2-4-12(11)17-15(18)21/h1-4,10-11H,5-9H2,(H,16,19). The summed E-state index contributed by atoms with van der Waals surface area (Å²) in [6.07, 6.45) is 7.11. The third-order valence-corrected chi connectivity index (χ3v) is 6.04. The molecule has 2 unspecified atom stereocenters. The number of hydrogen-bond acceptors (Lipinski definition) is 5. The molecule has 3 rings (SSSR count). The van der Waals surface area contributed by atoms with Crippen LogP contribution in [0, 0.1) is 11.8 Å². The zero-order chi connectivity index (χ0) is 17.3. The van der Waals surface area contributed by atoms with E-state index in [4.69, 9.17) is 0 Å². The van der Waals surface area contributed by atoms with E-state index in [1.165, 1.54) is 0 Å². The first-order chi connectivity index (χ1) is 11.4. The molecular formula is C15H17N3O5S. The Balaban J connectivity index is 1.57. The molecule has 0 aromatic carbocycles. The molecule has 0 bridgehead atoms. The second kappa shape index (κ2) is 6.31. The van der Waals surface area contributed by atoms with Crippen molar-refractivity contribution in [3.8, 4) is 0 Å². The Morgan fingerprint density at radius 3 is 2.83 bits per heavy atom. The topological polar surface area (TPSA) is 113 Å². The molecule has 1 fully saturated rings. The van der Waals surface area contributed by atoms with Crippen LogP contribution in [0.4, 0.5) is 4.79 Å². The summed E-state index contributed by atoms with van der Waals surface area (Å²) in [4.78, 5) is 40.9. The van der Waals surface area contributed by atoms with E-state index in [-0.39, 0.29) is 24.0 Å². The smallest absolute Gasteiger partial charge is 0.351 e. The van der Waals surface area contributed by atoms with Crippen molar-refractivity contribution in [3.63, 3.8) is 0 Å². The number of hydrogen-bond donors (Lipinski definition) is 1. The maximum absolute atomic E-state index is 12.3. The number of nitrogens with one attached hydrogen (secondary N) is 1. The highest BCUT2D eigenvalue weighted by Crippen LogP contribution is 2.20. The fourth-order valence-corrected chi connectivity index (χ4v) is 4.78. The highest BCUT2D eigenvalue weighted by Gasteiger charge is 2.36. The van der Waals surface area contributed by atoms with Crippen molar-refractivity contribution < 1.29 is 22.8 Å². The number of fused-ring (bicyclic) bond motifs is 1. The van der Waals surface area contributed by atoms with Gasteiger partial charge in [-0.2, -0.15) is 4.99 Å². The fraction of sp³-hybridized carbons (Fsp3) is 0.467. The van der Waals surface area contributed by atoms with Crippen LogP contribution in [0.25, 0.3) is 0 Å². The van der Waals surface area contributed by atoms with Gasteiger partial charge in [-0.3, -0.25) is 14.5 Å². The van der Waals surface area contributed by atoms with Crippen molar-refractivity contribution in [1.29, 1.82) is 0 Å². The predicted molar refractivity (Wildman–Crippen MR) is 86.1 cm³/mol. The summed E-state index contributed by atoms with van der Waals surface area (Å²) < 4.78 is 22.8. The number of aliphatic imine (C=N–C) groups is 1. The van der Waals surface area contributed by atoms with Gasteiger partial charge in [0.2, 0.25) is 11.8 Å². The molecule has 0 aromatic heterocycles. The largest absolute Gasteiger partial charge is 0.354 e. The first-order valence-corrected chi connectivity index (χ1v) is 9.44. The number of imide groups is 1. The third-order valence-electron chi connectivity index (χ3n) is 4.20. The monoisotopic (exact) mass is 351 g/mol. The number of amides is 4. The van der Waals surface area contributed by atoms with Gasteiger partial charge in [-0.15, -0.1) is 0 Å². The summed E-state index contributed by atoms with van der Waals surface area (Å²) in [5.41, 5.74) is 0.375. The Morgan fingerprint density at radius 2 is 2.12 bits per heavy atom. The normalized spacial score (nSPS) is 27.8. The molecule has 8 nitrogen and oxygen atoms in total. The minimum Gasteiger partial charge on any atom is -0.354 e. The van der Waals surface area contributed by atoms with E-state index < -0.39 is 40.1 Å². The molecule has 0 aromatic rings. The van der Waals surface area contributed by atoms with E-state index in [0.717, 1.165) is 4.90 Å². The van der Waals surface area contributed by atoms with Crippen LogP contribution < -0.4 is 5.32 Å². The van der Waals surface area contributed by atoms with Crippen molar-refractivity contribution in [1.82, 2.24) is 10.2 Å². The summed E-state index contributed by atoms with van der Waals surface area (Å²) in [6.45, 7) is -0.198. The summed E-state index contributed by atoms with van der Waals surface area (Å²) in [5, 5.41) is 2.59. The van der Waals surface area contributed by atoms with Crippen LogP contribution in [0.15, 0.2) is 29.3 Å². The Morgan fingerprint density at radius 1 is 1.33 bits per heavy atom. The molecule has 1 saturated heterocycles. The maximum atomic E-state index is 12.3. The van der Waals surface area contributed by atoms with Gasteiger partial charge >= 0.3 is 6.03 Å². The van der Waals surface area contributed by atoms with Crippen LogP contribution in [0.5, 0.6) is 0 Å². The van der Waals surface area contributed by atoms with Crippen molar-refractivity contribution in [3.05, 3.63) is 24.3 Å². The average molecular weight is 351 g/mol. The molecule has 24 heavy (non-hydrogen) atoms. The lowest BCUT2D eigenvalue weighted by atomic mass is 9.95. The molecule has 0 spiro atoms. The first kappa shape index (κ1) is 16.6. The maximum Gasteiger partial charge on any atom is 0.351 e. The molecule has 4 amide bonds. The second-order valence-electron chi connectivity index (χ2n) is 6.04. The molecule has 3 aliphatic rings. The lowest BCUT2D eigenvalue weighted by Gasteiger charge is -2.27. The molecule has 128 valence electrons. The van der Waals surface area contributed by atoms with Crippen molar-refractivity contribution in [2.24, 2.45) is 16.8 Å². The van der Waals surface area contributed by atoms with Crippen LogP contribution >= 0.6 is 0 Å². The van der Waals surface area contributed by atoms with E-state index in [2.05, 4.69) is 10.3 Å². The van der Waals surface area contributed by atoms with Gasteiger partial charge < -0.3 is 5.32 Å². The van der Waals surface area contributed by atoms with E-state index >= 15 is 0 Å². The lowest BCUT2D eigenvalue weighted by molar-refractivity contribution is -0.134. The molecule has 1 N–H and O–H groups in total. The molecule has 2 heterocycles. The minimum atomic E-state index is -3.00. The van der Waals surface area contributed by atoms with Crippen LogP contribution in [0.2, 0.25) is 0 Å². The average Bonchev–Trinajstić information content (AvgIpc) is 2.88. The molecular weight excluding hydrogens is 334 g/mol. The van der Waals surface area contributed by atoms with Crippen molar-refractivity contribution in [2.75, 3.05) is 24.6 Å². The van der Waals surface area contributed by atoms with Crippen molar-refractivity contribution in [2.45, 2.75) is 6.42 Å². The highest BCUT2D eigenvalue weighted by atomic mass is 32.2. The highest BCUT2D eigenvalue weighted by molar-refractivity contribution is 7.91. The Kier molecular flexibility index (Phi) is 4.35. The number of sulfone groups is 1. The lowest BCUT2D eigenvalue weighted by Crippen LogP contribution is -2.50. The van der Waals surface area contributed by atoms with Crippen LogP contribution in [0.1, 0.15) is 6.42 Å². The molecule has 1 aliphatic carbocycles. The predicted octanol–water partition coefficient (Wildman–Crippen LogP) is -0.317. The second-order valence-corrected chi connectivity index (χ2v) is 8.27. The van der Waals surface area contributed by atoms with Gasteiger partial charge in [-0.1, -0.05) is 18.2 Å². The van der Waals surface area contributed by atoms with Crippen LogP contribution in [-0.2, 0) is 19.4 Å². The quantitative estimate of drug-likeness (QED) is 0.746. The number of urea groups is 1. The number of nitrogens with zero attached hydrogens (tertiary/aromatic N) is 2. The number of carbonyl (C=O) groups is 3. The zero-order valence-electron chi connectivity index (χ0n) is 12.8. The Bertz CT molecular complexity index is 781. The van der Waals surface area contributed by atoms with Gasteiger partial charge in [0.1, 0.15) is 6.54 Å². The molecule has 2 atom stereocenters. The Labute approximate surface area is 139 Å². The fourth-order valence-electron chi connectivity index (χ4n) is 2.92. The molecule has 9 heteroatoms. The van der Waals surface area contributed by atoms with Gasteiger partial charge in [0.05, 0.1) is 23.1 Å². The SMILES string of the molecule is O=C(CN1C(=O)N=C2C=CC=CC2C1=O)NCC1CCS(=O)(=O)C1. The van der Waals surface area contributed by atoms with Crippen molar-refractivity contribution >= 4 is 33.4 Å². The van der Waals surface area contributed by atoms with Gasteiger partial charge in [-0.05, 0) is 18.4 Å². The first-order valence-electron chi connectivity index (χ1n) is 7.61. The minimum absolute atomic E-state index is 0.0573. The summed E-state index contributed by atoms with van der Waals surface area (Å²) in [7, 11) is -3.00. The number of allylic oxidation sites excluding steroid dienone is 3. The molecule has 2 aliphatic heterocycles. The van der Waals surface area contributed by atoms with Gasteiger partial charge in [-0.25, -0.2) is 13.2 Å². The van der Waals surface area contributed by atoms with Gasteiger partial charge in [0.25, 0.3) is 0 Å². The van der Waals surface area contributed by atoms with Crippen LogP contribution in [-0.4, -0.2) is 61.5 Å². The van der Waals surface area contributed by atoms with E-state index in [0.29, 0.717) is 12.1 Å². The van der Waals surface area contributed by atoms with Gasteiger partial charge in [0.15, 0.2) is 9.84 Å². The molecule has 0 radical (unpaired) electrons.